The van der Waals surface area contributed by atoms with Crippen LogP contribution in [-0.2, 0) is 11.2 Å². The molecule has 23 heavy (non-hydrogen) atoms. The van der Waals surface area contributed by atoms with Gasteiger partial charge in [-0.1, -0.05) is 38.1 Å². The first-order chi connectivity index (χ1) is 11.0. The van der Waals surface area contributed by atoms with Gasteiger partial charge in [0.15, 0.2) is 0 Å². The minimum atomic E-state index is -0.179. The number of carbonyl (C=O) groups is 2. The van der Waals surface area contributed by atoms with Gasteiger partial charge in [0, 0.05) is 23.4 Å². The highest BCUT2D eigenvalue weighted by molar-refractivity contribution is 6.06. The van der Waals surface area contributed by atoms with E-state index in [4.69, 9.17) is 0 Å². The van der Waals surface area contributed by atoms with Crippen LogP contribution in [0.4, 0.5) is 11.4 Å². The van der Waals surface area contributed by atoms with Crippen molar-refractivity contribution in [2.75, 3.05) is 10.6 Å². The van der Waals surface area contributed by atoms with Gasteiger partial charge in [-0.25, -0.2) is 0 Å². The number of rotatable bonds is 5. The summed E-state index contributed by atoms with van der Waals surface area (Å²) in [5, 5.41) is 5.75. The topological polar surface area (TPSA) is 58.2 Å². The Bertz CT molecular complexity index is 723. The van der Waals surface area contributed by atoms with Crippen LogP contribution in [0.2, 0.25) is 0 Å². The first-order valence-electron chi connectivity index (χ1n) is 7.84. The Morgan fingerprint density at radius 2 is 1.74 bits per heavy atom. The lowest BCUT2D eigenvalue weighted by molar-refractivity contribution is -0.115. The lowest BCUT2D eigenvalue weighted by atomic mass is 10.1. The highest BCUT2D eigenvalue weighted by atomic mass is 16.2. The maximum Gasteiger partial charge on any atom is 0.255 e. The molecule has 2 rings (SSSR count). The van der Waals surface area contributed by atoms with Gasteiger partial charge in [-0.05, 0) is 42.7 Å². The van der Waals surface area contributed by atoms with Crippen molar-refractivity contribution >= 4 is 23.2 Å². The highest BCUT2D eigenvalue weighted by Crippen LogP contribution is 2.22. The van der Waals surface area contributed by atoms with Crippen molar-refractivity contribution in [2.24, 2.45) is 0 Å². The fraction of sp³-hybridized carbons (Fsp3) is 0.263. The van der Waals surface area contributed by atoms with E-state index < -0.39 is 0 Å². The number of hydrogen-bond donors (Lipinski definition) is 2. The van der Waals surface area contributed by atoms with Gasteiger partial charge >= 0.3 is 0 Å². The summed E-state index contributed by atoms with van der Waals surface area (Å²) in [6, 6.07) is 12.9. The summed E-state index contributed by atoms with van der Waals surface area (Å²) in [4.78, 5) is 24.0. The fourth-order valence-electron chi connectivity index (χ4n) is 2.38. The van der Waals surface area contributed by atoms with E-state index in [1.807, 2.05) is 25.1 Å². The molecule has 2 N–H and O–H groups in total. The predicted octanol–water partition coefficient (Wildman–Crippen LogP) is 4.16. The van der Waals surface area contributed by atoms with E-state index in [0.717, 1.165) is 23.2 Å². The van der Waals surface area contributed by atoms with E-state index in [2.05, 4.69) is 17.6 Å². The first-order valence-corrected chi connectivity index (χ1v) is 7.84. The second-order valence-corrected chi connectivity index (χ2v) is 5.40. The minimum Gasteiger partial charge on any atom is -0.326 e. The molecule has 0 aliphatic rings. The van der Waals surface area contributed by atoms with Crippen LogP contribution in [0, 0.1) is 6.92 Å². The zero-order valence-corrected chi connectivity index (χ0v) is 13.8. The van der Waals surface area contributed by atoms with E-state index in [9.17, 15) is 9.59 Å². The van der Waals surface area contributed by atoms with Crippen molar-refractivity contribution < 1.29 is 9.59 Å². The third-order valence-corrected chi connectivity index (χ3v) is 3.71. The van der Waals surface area contributed by atoms with Crippen molar-refractivity contribution in [1.29, 1.82) is 0 Å². The Labute approximate surface area is 136 Å². The van der Waals surface area contributed by atoms with E-state index in [1.54, 1.807) is 31.2 Å². The number of aryl methyl sites for hydroxylation is 2. The van der Waals surface area contributed by atoms with Crippen molar-refractivity contribution in [2.45, 2.75) is 33.6 Å². The first kappa shape index (κ1) is 16.7. The van der Waals surface area contributed by atoms with Crippen LogP contribution in [0.25, 0.3) is 0 Å². The molecule has 0 aromatic heterocycles. The number of amides is 2. The molecule has 4 heteroatoms. The predicted molar refractivity (Wildman–Crippen MR) is 93.9 cm³/mol. The van der Waals surface area contributed by atoms with E-state index >= 15 is 0 Å². The zero-order chi connectivity index (χ0) is 16.8. The summed E-state index contributed by atoms with van der Waals surface area (Å²) in [6.45, 7) is 5.83. The molecular weight excluding hydrogens is 288 g/mol. The normalized spacial score (nSPS) is 10.2. The molecule has 0 atom stereocenters. The number of anilines is 2. The van der Waals surface area contributed by atoms with Crippen LogP contribution < -0.4 is 10.6 Å². The summed E-state index contributed by atoms with van der Waals surface area (Å²) >= 11 is 0. The molecule has 0 radical (unpaired) electrons. The molecule has 0 aliphatic carbocycles. The van der Waals surface area contributed by atoms with Crippen LogP contribution >= 0.6 is 0 Å². The molecule has 0 bridgehead atoms. The van der Waals surface area contributed by atoms with Crippen LogP contribution in [-0.4, -0.2) is 11.8 Å². The summed E-state index contributed by atoms with van der Waals surface area (Å²) in [6.07, 6.45) is 1.25. The largest absolute Gasteiger partial charge is 0.326 e. The lowest BCUT2D eigenvalue weighted by Crippen LogP contribution is -2.15. The van der Waals surface area contributed by atoms with Crippen molar-refractivity contribution in [3.63, 3.8) is 0 Å². The third kappa shape index (κ3) is 4.19. The average Bonchev–Trinajstić information content (AvgIpc) is 2.56. The number of benzene rings is 2. The maximum absolute atomic E-state index is 12.5. The summed E-state index contributed by atoms with van der Waals surface area (Å²) < 4.78 is 0. The molecule has 0 fully saturated rings. The molecule has 120 valence electrons. The van der Waals surface area contributed by atoms with Crippen LogP contribution in [0.3, 0.4) is 0 Å². The fourth-order valence-corrected chi connectivity index (χ4v) is 2.38. The Morgan fingerprint density at radius 3 is 2.43 bits per heavy atom. The Hall–Kier alpha value is -2.62. The Kier molecular flexibility index (Phi) is 5.52. The molecular formula is C19H22N2O2. The molecule has 2 amide bonds. The molecule has 0 heterocycles. The van der Waals surface area contributed by atoms with E-state index in [0.29, 0.717) is 17.7 Å². The van der Waals surface area contributed by atoms with Gasteiger partial charge in [0.1, 0.15) is 0 Å². The van der Waals surface area contributed by atoms with Crippen LogP contribution in [0.5, 0.6) is 0 Å². The third-order valence-electron chi connectivity index (χ3n) is 3.71. The zero-order valence-electron chi connectivity index (χ0n) is 13.8. The molecule has 0 saturated heterocycles. The number of nitrogens with one attached hydrogen (secondary N) is 2. The number of para-hydroxylation sites is 1. The van der Waals surface area contributed by atoms with E-state index in [-0.39, 0.29) is 11.8 Å². The summed E-state index contributed by atoms with van der Waals surface area (Å²) in [5.41, 5.74) is 4.15. The Balaban J connectivity index is 2.22. The van der Waals surface area contributed by atoms with Crippen molar-refractivity contribution in [3.8, 4) is 0 Å². The monoisotopic (exact) mass is 310 g/mol. The van der Waals surface area contributed by atoms with Gasteiger partial charge in [0.25, 0.3) is 5.91 Å². The molecule has 0 aliphatic heterocycles. The second-order valence-electron chi connectivity index (χ2n) is 5.40. The number of carbonyl (C=O) groups excluding carboxylic acids is 2. The van der Waals surface area contributed by atoms with Crippen LogP contribution in [0.15, 0.2) is 42.5 Å². The Morgan fingerprint density at radius 1 is 1.00 bits per heavy atom. The lowest BCUT2D eigenvalue weighted by Gasteiger charge is -2.13. The summed E-state index contributed by atoms with van der Waals surface area (Å²) in [7, 11) is 0. The molecule has 4 nitrogen and oxygen atoms in total. The maximum atomic E-state index is 12.5. The van der Waals surface area contributed by atoms with E-state index in [1.165, 1.54) is 0 Å². The smallest absolute Gasteiger partial charge is 0.255 e. The number of hydrogen-bond acceptors (Lipinski definition) is 2. The minimum absolute atomic E-state index is 0.0743. The highest BCUT2D eigenvalue weighted by Gasteiger charge is 2.11. The van der Waals surface area contributed by atoms with Gasteiger partial charge in [0.05, 0.1) is 0 Å². The quantitative estimate of drug-likeness (QED) is 0.871. The van der Waals surface area contributed by atoms with Gasteiger partial charge in [-0.15, -0.1) is 0 Å². The molecule has 2 aromatic rings. The molecule has 2 aromatic carbocycles. The van der Waals surface area contributed by atoms with Crippen LogP contribution in [0.1, 0.15) is 41.8 Å². The van der Waals surface area contributed by atoms with Crippen molar-refractivity contribution in [3.05, 3.63) is 59.2 Å². The molecule has 0 saturated carbocycles. The second kappa shape index (κ2) is 7.58. The average molecular weight is 310 g/mol. The molecule has 0 unspecified atom stereocenters. The van der Waals surface area contributed by atoms with Crippen molar-refractivity contribution in [1.82, 2.24) is 0 Å². The standard InChI is InChI=1S/C19H22N2O2/c1-4-14-9-6-8-13(3)18(14)21-19(23)15-10-7-11-16(12-15)20-17(22)5-2/h6-12H,4-5H2,1-3H3,(H,20,22)(H,21,23). The van der Waals surface area contributed by atoms with Gasteiger partial charge in [0.2, 0.25) is 5.91 Å². The van der Waals surface area contributed by atoms with Gasteiger partial charge < -0.3 is 10.6 Å². The van der Waals surface area contributed by atoms with Gasteiger partial charge in [-0.2, -0.15) is 0 Å². The molecule has 0 spiro atoms. The van der Waals surface area contributed by atoms with Gasteiger partial charge in [-0.3, -0.25) is 9.59 Å². The SMILES string of the molecule is CCC(=O)Nc1cccc(C(=O)Nc2c(C)cccc2CC)c1. The summed E-state index contributed by atoms with van der Waals surface area (Å²) in [5.74, 6) is -0.253.